The molecule has 2 saturated heterocycles. The summed E-state index contributed by atoms with van der Waals surface area (Å²) in [6.07, 6.45) is -3.29. The zero-order chi connectivity index (χ0) is 21.8. The van der Waals surface area contributed by atoms with E-state index in [-0.39, 0.29) is 17.9 Å². The summed E-state index contributed by atoms with van der Waals surface area (Å²) in [5, 5.41) is 21.5. The van der Waals surface area contributed by atoms with Crippen molar-refractivity contribution in [2.45, 2.75) is 50.1 Å². The number of benzene rings is 1. The third-order valence-corrected chi connectivity index (χ3v) is 5.15. The molecule has 0 radical (unpaired) electrons. The molecule has 4 rings (SSSR count). The second kappa shape index (κ2) is 7.39. The maximum atomic E-state index is 13.6. The van der Waals surface area contributed by atoms with Crippen molar-refractivity contribution in [2.75, 3.05) is 6.61 Å². The minimum atomic E-state index is -1.59. The Bertz CT molecular complexity index is 875. The molecule has 1 aromatic carbocycles. The second-order valence-corrected chi connectivity index (χ2v) is 7.65. The van der Waals surface area contributed by atoms with Crippen molar-refractivity contribution in [3.63, 3.8) is 0 Å². The first-order valence-electron chi connectivity index (χ1n) is 9.12. The number of carboxylic acids is 1. The van der Waals surface area contributed by atoms with Gasteiger partial charge < -0.3 is 29.8 Å². The van der Waals surface area contributed by atoms with Crippen LogP contribution in [-0.2, 0) is 19.0 Å². The van der Waals surface area contributed by atoms with Crippen molar-refractivity contribution >= 4 is 11.7 Å². The number of rotatable bonds is 3. The number of hydrogen-bond donors (Lipinski definition) is 4. The van der Waals surface area contributed by atoms with Gasteiger partial charge in [0, 0.05) is 11.8 Å². The van der Waals surface area contributed by atoms with Crippen molar-refractivity contribution in [3.05, 3.63) is 41.3 Å². The highest BCUT2D eigenvalue weighted by atomic mass is 19.2. The minimum absolute atomic E-state index is 0.00232. The number of aliphatic hydroxyl groups is 1. The zero-order valence-electron chi connectivity index (χ0n) is 15.9. The zero-order valence-corrected chi connectivity index (χ0v) is 15.9. The number of hydrazine groups is 2. The van der Waals surface area contributed by atoms with Gasteiger partial charge in [-0.05, 0) is 26.0 Å². The summed E-state index contributed by atoms with van der Waals surface area (Å²) in [7, 11) is 0. The Balaban J connectivity index is 1.67. The van der Waals surface area contributed by atoms with E-state index in [1.165, 1.54) is 11.2 Å². The Morgan fingerprint density at radius 1 is 1.27 bits per heavy atom. The highest BCUT2D eigenvalue weighted by Gasteiger charge is 2.55. The molecule has 1 aromatic rings. The molecular formula is C18H20F3N3O6. The van der Waals surface area contributed by atoms with Crippen molar-refractivity contribution < 1.29 is 42.4 Å². The summed E-state index contributed by atoms with van der Waals surface area (Å²) in [4.78, 5) is 11.6. The van der Waals surface area contributed by atoms with Crippen LogP contribution in [0.4, 0.5) is 13.2 Å². The molecule has 0 spiro atoms. The van der Waals surface area contributed by atoms with Crippen molar-refractivity contribution in [1.29, 1.82) is 0 Å². The number of halogens is 3. The number of hydrogen-bond acceptors (Lipinski definition) is 8. The third kappa shape index (κ3) is 3.61. The molecule has 3 aliphatic heterocycles. The average molecular weight is 431 g/mol. The van der Waals surface area contributed by atoms with Gasteiger partial charge in [0.05, 0.1) is 12.3 Å². The van der Waals surface area contributed by atoms with E-state index in [9.17, 15) is 28.2 Å². The number of carboxylic acid groups (broad SMARTS) is 1. The van der Waals surface area contributed by atoms with Crippen LogP contribution in [0.5, 0.6) is 0 Å². The van der Waals surface area contributed by atoms with Crippen LogP contribution in [0.15, 0.2) is 18.3 Å². The molecule has 164 valence electrons. The fourth-order valence-corrected chi connectivity index (χ4v) is 3.74. The van der Waals surface area contributed by atoms with Gasteiger partial charge in [-0.3, -0.25) is 5.01 Å². The molecule has 0 amide bonds. The largest absolute Gasteiger partial charge is 0.479 e. The predicted molar refractivity (Wildman–Crippen MR) is 93.4 cm³/mol. The number of aliphatic carboxylic acids is 1. The molecule has 4 N–H and O–H groups in total. The Labute approximate surface area is 168 Å². The third-order valence-electron chi connectivity index (χ3n) is 5.15. The lowest BCUT2D eigenvalue weighted by Gasteiger charge is -2.51. The summed E-state index contributed by atoms with van der Waals surface area (Å²) in [6, 6.07) is 0.646. The summed E-state index contributed by atoms with van der Waals surface area (Å²) < 4.78 is 57.3. The normalized spacial score (nSPS) is 32.9. The molecular weight excluding hydrogens is 411 g/mol. The minimum Gasteiger partial charge on any atom is -0.479 e. The van der Waals surface area contributed by atoms with Crippen LogP contribution >= 0.6 is 0 Å². The fraction of sp³-hybridized carbons (Fsp3) is 0.500. The maximum absolute atomic E-state index is 13.6. The van der Waals surface area contributed by atoms with Crippen LogP contribution in [0.25, 0.3) is 5.70 Å². The van der Waals surface area contributed by atoms with Crippen LogP contribution in [0.3, 0.4) is 0 Å². The SMILES string of the molecule is CC1(C)OC[C@H]2O[C@@H](C(=O)O)[C@H](O)[C@@H](N3C=C(c4cc(F)c(F)c(F)c4)NN3)[C@H]2O1. The molecule has 0 aromatic heterocycles. The van der Waals surface area contributed by atoms with Gasteiger partial charge in [0.2, 0.25) is 0 Å². The van der Waals surface area contributed by atoms with E-state index >= 15 is 0 Å². The molecule has 3 aliphatic rings. The van der Waals surface area contributed by atoms with Crippen molar-refractivity contribution in [3.8, 4) is 0 Å². The Kier molecular flexibility index (Phi) is 5.14. The van der Waals surface area contributed by atoms with E-state index in [1.54, 1.807) is 13.8 Å². The first kappa shape index (κ1) is 20.9. The van der Waals surface area contributed by atoms with Crippen LogP contribution in [0, 0.1) is 17.5 Å². The number of carbonyl (C=O) groups is 1. The lowest BCUT2D eigenvalue weighted by atomic mass is 9.91. The van der Waals surface area contributed by atoms with Gasteiger partial charge in [-0.15, -0.1) is 5.53 Å². The van der Waals surface area contributed by atoms with Crippen LogP contribution in [0.1, 0.15) is 19.4 Å². The van der Waals surface area contributed by atoms with Crippen LogP contribution < -0.4 is 11.0 Å². The first-order chi connectivity index (χ1) is 14.1. The lowest BCUT2D eigenvalue weighted by molar-refractivity contribution is -0.348. The van der Waals surface area contributed by atoms with Gasteiger partial charge in [0.25, 0.3) is 0 Å². The predicted octanol–water partition coefficient (Wildman–Crippen LogP) is 0.460. The van der Waals surface area contributed by atoms with Gasteiger partial charge in [0.15, 0.2) is 29.3 Å². The van der Waals surface area contributed by atoms with E-state index in [0.717, 1.165) is 12.1 Å². The summed E-state index contributed by atoms with van der Waals surface area (Å²) in [6.45, 7) is 3.37. The molecule has 2 fully saturated rings. The first-order valence-corrected chi connectivity index (χ1v) is 9.12. The number of fused-ring (bicyclic) bond motifs is 1. The smallest absolute Gasteiger partial charge is 0.335 e. The summed E-state index contributed by atoms with van der Waals surface area (Å²) in [5.41, 5.74) is 5.54. The molecule has 5 atom stereocenters. The quantitative estimate of drug-likeness (QED) is 0.507. The highest BCUT2D eigenvalue weighted by Crippen LogP contribution is 2.35. The highest BCUT2D eigenvalue weighted by molar-refractivity contribution is 5.73. The van der Waals surface area contributed by atoms with Crippen LogP contribution in [0.2, 0.25) is 0 Å². The number of nitrogens with one attached hydrogen (secondary N) is 2. The second-order valence-electron chi connectivity index (χ2n) is 7.65. The van der Waals surface area contributed by atoms with E-state index in [0.29, 0.717) is 0 Å². The van der Waals surface area contributed by atoms with E-state index in [4.69, 9.17) is 14.2 Å². The lowest BCUT2D eigenvalue weighted by Crippen LogP contribution is -2.70. The topological polar surface area (TPSA) is 113 Å². The number of aliphatic hydroxyl groups excluding tert-OH is 1. The standard InChI is InChI=1S/C18H20F3N3O6/c1-18(2)28-6-11-15(30-18)13(14(25)16(29-11)17(26)27)24-5-10(22-23-24)7-3-8(19)12(21)9(20)4-7/h3-5,11,13-16,22-23,25H,6H2,1-2H3,(H,26,27)/t11-,13-,14-,15+,16-/m1/s1. The van der Waals surface area contributed by atoms with E-state index in [1.807, 2.05) is 0 Å². The van der Waals surface area contributed by atoms with Gasteiger partial charge in [-0.1, -0.05) is 0 Å². The molecule has 0 bridgehead atoms. The van der Waals surface area contributed by atoms with Gasteiger partial charge >= 0.3 is 5.97 Å². The fourth-order valence-electron chi connectivity index (χ4n) is 3.74. The van der Waals surface area contributed by atoms with E-state index < -0.39 is 59.7 Å². The number of ether oxygens (including phenoxy) is 3. The summed E-state index contributed by atoms with van der Waals surface area (Å²) in [5.74, 6) is -6.70. The van der Waals surface area contributed by atoms with Crippen molar-refractivity contribution in [2.24, 2.45) is 0 Å². The average Bonchev–Trinajstić information content (AvgIpc) is 3.14. The molecule has 30 heavy (non-hydrogen) atoms. The van der Waals surface area contributed by atoms with Gasteiger partial charge in [-0.2, -0.15) is 0 Å². The Hall–Kier alpha value is -2.38. The monoisotopic (exact) mass is 431 g/mol. The van der Waals surface area contributed by atoms with Gasteiger partial charge in [0.1, 0.15) is 24.4 Å². The Morgan fingerprint density at radius 2 is 1.93 bits per heavy atom. The van der Waals surface area contributed by atoms with E-state index in [2.05, 4.69) is 11.0 Å². The summed E-state index contributed by atoms with van der Waals surface area (Å²) >= 11 is 0. The number of nitrogens with zero attached hydrogens (tertiary/aromatic N) is 1. The molecule has 3 heterocycles. The molecule has 9 nitrogen and oxygen atoms in total. The molecule has 0 aliphatic carbocycles. The van der Waals surface area contributed by atoms with Gasteiger partial charge in [-0.25, -0.2) is 18.0 Å². The molecule has 0 saturated carbocycles. The maximum Gasteiger partial charge on any atom is 0.335 e. The Morgan fingerprint density at radius 3 is 2.57 bits per heavy atom. The van der Waals surface area contributed by atoms with Crippen LogP contribution in [-0.4, -0.2) is 64.0 Å². The van der Waals surface area contributed by atoms with Crippen molar-refractivity contribution in [1.82, 2.24) is 16.0 Å². The molecule has 12 heteroatoms. The molecule has 0 unspecified atom stereocenters.